The minimum absolute atomic E-state index is 0.209. The molecule has 0 aromatic carbocycles. The number of hydrogen-bond acceptors (Lipinski definition) is 4. The molecule has 0 spiro atoms. The van der Waals surface area contributed by atoms with Gasteiger partial charge in [-0.25, -0.2) is 0 Å². The van der Waals surface area contributed by atoms with Crippen molar-refractivity contribution in [2.45, 2.75) is 31.7 Å². The molecule has 0 aromatic rings. The van der Waals surface area contributed by atoms with Gasteiger partial charge in [0.05, 0.1) is 18.1 Å². The second-order valence-corrected chi connectivity index (χ2v) is 4.31. The number of carbonyl (C=O) groups excluding carboxylic acids is 2. The summed E-state index contributed by atoms with van der Waals surface area (Å²) in [6.45, 7) is 5.76. The Kier molecular flexibility index (Phi) is 4.24. The van der Waals surface area contributed by atoms with Crippen LogP contribution in [0.25, 0.3) is 0 Å². The van der Waals surface area contributed by atoms with Crippen molar-refractivity contribution in [3.8, 4) is 0 Å². The van der Waals surface area contributed by atoms with Gasteiger partial charge in [0.25, 0.3) is 0 Å². The highest BCUT2D eigenvalue weighted by atomic mass is 16.5. The molecule has 1 fully saturated rings. The Hall–Kier alpha value is -1.16. The van der Waals surface area contributed by atoms with Crippen LogP contribution in [0.2, 0.25) is 0 Å². The van der Waals surface area contributed by atoms with Gasteiger partial charge in [0.1, 0.15) is 6.29 Å². The quantitative estimate of drug-likeness (QED) is 0.441. The Bertz CT molecular complexity index is 290. The Morgan fingerprint density at radius 2 is 2.31 bits per heavy atom. The zero-order chi connectivity index (χ0) is 12.2. The zero-order valence-electron chi connectivity index (χ0n) is 9.65. The van der Waals surface area contributed by atoms with Crippen LogP contribution in [0, 0.1) is 11.8 Å². The lowest BCUT2D eigenvalue weighted by Crippen LogP contribution is -2.55. The number of ether oxygens (including phenoxy) is 1. The Morgan fingerprint density at radius 1 is 1.62 bits per heavy atom. The summed E-state index contributed by atoms with van der Waals surface area (Å²) in [5.74, 6) is -0.665. The van der Waals surface area contributed by atoms with Crippen LogP contribution in [0.4, 0.5) is 0 Å². The Morgan fingerprint density at radius 3 is 2.81 bits per heavy atom. The molecule has 90 valence electrons. The summed E-state index contributed by atoms with van der Waals surface area (Å²) in [6, 6.07) is 0. The second-order valence-electron chi connectivity index (χ2n) is 4.31. The molecule has 0 heterocycles. The van der Waals surface area contributed by atoms with Gasteiger partial charge in [0, 0.05) is 0 Å². The van der Waals surface area contributed by atoms with Crippen molar-refractivity contribution in [3.63, 3.8) is 0 Å². The second kappa shape index (κ2) is 5.25. The summed E-state index contributed by atoms with van der Waals surface area (Å²) in [7, 11) is 0. The van der Waals surface area contributed by atoms with Crippen molar-refractivity contribution in [1.82, 2.24) is 0 Å². The van der Waals surface area contributed by atoms with E-state index in [4.69, 9.17) is 10.5 Å². The van der Waals surface area contributed by atoms with Crippen molar-refractivity contribution >= 4 is 12.3 Å². The first kappa shape index (κ1) is 12.9. The standard InChI is InChI=1S/C12H19NO3/c1-3-9-5-6-10(11(15)16-4-2)12(13,7-9)8-14/h3,8-10H,1,4-7,13H2,2H3/t9-,10?,12?/m1/s1. The van der Waals surface area contributed by atoms with Gasteiger partial charge in [0.2, 0.25) is 0 Å². The summed E-state index contributed by atoms with van der Waals surface area (Å²) < 4.78 is 4.94. The van der Waals surface area contributed by atoms with Crippen molar-refractivity contribution < 1.29 is 14.3 Å². The van der Waals surface area contributed by atoms with Gasteiger partial charge in [-0.2, -0.15) is 0 Å². The minimum atomic E-state index is -1.09. The minimum Gasteiger partial charge on any atom is -0.466 e. The first-order valence-electron chi connectivity index (χ1n) is 5.61. The molecule has 0 aliphatic heterocycles. The van der Waals surface area contributed by atoms with Gasteiger partial charge >= 0.3 is 5.97 Å². The van der Waals surface area contributed by atoms with Crippen molar-refractivity contribution in [3.05, 3.63) is 12.7 Å². The fourth-order valence-electron chi connectivity index (χ4n) is 2.26. The first-order chi connectivity index (χ1) is 7.57. The molecule has 0 radical (unpaired) electrons. The van der Waals surface area contributed by atoms with E-state index in [1.165, 1.54) is 0 Å². The maximum atomic E-state index is 11.7. The molecule has 0 bridgehead atoms. The Labute approximate surface area is 95.8 Å². The molecule has 1 aliphatic rings. The molecular formula is C12H19NO3. The fourth-order valence-corrected chi connectivity index (χ4v) is 2.26. The summed E-state index contributed by atoms with van der Waals surface area (Å²) in [6.07, 6.45) is 4.38. The van der Waals surface area contributed by atoms with E-state index in [-0.39, 0.29) is 11.9 Å². The molecule has 2 unspecified atom stereocenters. The smallest absolute Gasteiger partial charge is 0.311 e. The van der Waals surface area contributed by atoms with Crippen molar-refractivity contribution in [1.29, 1.82) is 0 Å². The summed E-state index contributed by atoms with van der Waals surface area (Å²) in [5.41, 5.74) is 4.89. The predicted octanol–water partition coefficient (Wildman–Crippen LogP) is 1.05. The molecule has 0 aromatic heterocycles. The zero-order valence-corrected chi connectivity index (χ0v) is 9.65. The van der Waals surface area contributed by atoms with E-state index >= 15 is 0 Å². The van der Waals surface area contributed by atoms with E-state index in [0.29, 0.717) is 25.7 Å². The van der Waals surface area contributed by atoms with Crippen LogP contribution < -0.4 is 5.73 Å². The third kappa shape index (κ3) is 2.50. The number of aldehydes is 1. The predicted molar refractivity (Wildman–Crippen MR) is 60.6 cm³/mol. The van der Waals surface area contributed by atoms with E-state index in [2.05, 4.69) is 6.58 Å². The average molecular weight is 225 g/mol. The third-order valence-electron chi connectivity index (χ3n) is 3.21. The van der Waals surface area contributed by atoms with Crippen molar-refractivity contribution in [2.75, 3.05) is 6.61 Å². The van der Waals surface area contributed by atoms with Crippen LogP contribution in [-0.2, 0) is 14.3 Å². The van der Waals surface area contributed by atoms with E-state index in [1.54, 1.807) is 13.0 Å². The molecule has 1 aliphatic carbocycles. The topological polar surface area (TPSA) is 69.4 Å². The van der Waals surface area contributed by atoms with Gasteiger partial charge in [-0.3, -0.25) is 4.79 Å². The number of allylic oxidation sites excluding steroid dienone is 1. The molecule has 2 N–H and O–H groups in total. The van der Waals surface area contributed by atoms with Crippen LogP contribution in [0.15, 0.2) is 12.7 Å². The number of esters is 1. The lowest BCUT2D eigenvalue weighted by atomic mass is 9.70. The molecule has 1 rings (SSSR count). The fraction of sp³-hybridized carbons (Fsp3) is 0.667. The van der Waals surface area contributed by atoms with Crippen LogP contribution in [0.3, 0.4) is 0 Å². The van der Waals surface area contributed by atoms with Crippen LogP contribution in [0.5, 0.6) is 0 Å². The highest BCUT2D eigenvalue weighted by molar-refractivity contribution is 5.81. The molecule has 0 amide bonds. The van der Waals surface area contributed by atoms with Gasteiger partial charge in [-0.05, 0) is 32.1 Å². The average Bonchev–Trinajstić information content (AvgIpc) is 2.29. The number of nitrogens with two attached hydrogens (primary N) is 1. The monoisotopic (exact) mass is 225 g/mol. The Balaban J connectivity index is 2.81. The largest absolute Gasteiger partial charge is 0.466 e. The highest BCUT2D eigenvalue weighted by Crippen LogP contribution is 2.35. The van der Waals surface area contributed by atoms with Crippen molar-refractivity contribution in [2.24, 2.45) is 17.6 Å². The highest BCUT2D eigenvalue weighted by Gasteiger charge is 2.45. The van der Waals surface area contributed by atoms with Crippen LogP contribution >= 0.6 is 0 Å². The van der Waals surface area contributed by atoms with E-state index in [0.717, 1.165) is 6.42 Å². The number of carbonyl (C=O) groups is 2. The number of rotatable bonds is 4. The molecule has 4 nitrogen and oxygen atoms in total. The van der Waals surface area contributed by atoms with Crippen LogP contribution in [-0.4, -0.2) is 24.4 Å². The molecular weight excluding hydrogens is 206 g/mol. The van der Waals surface area contributed by atoms with E-state index in [1.807, 2.05) is 0 Å². The van der Waals surface area contributed by atoms with Gasteiger partial charge < -0.3 is 15.3 Å². The van der Waals surface area contributed by atoms with Gasteiger partial charge in [-0.1, -0.05) is 6.08 Å². The van der Waals surface area contributed by atoms with E-state index < -0.39 is 11.5 Å². The first-order valence-corrected chi connectivity index (χ1v) is 5.61. The van der Waals surface area contributed by atoms with E-state index in [9.17, 15) is 9.59 Å². The number of hydrogen-bond donors (Lipinski definition) is 1. The molecule has 16 heavy (non-hydrogen) atoms. The maximum absolute atomic E-state index is 11.7. The molecule has 3 atom stereocenters. The normalized spacial score (nSPS) is 34.1. The van der Waals surface area contributed by atoms with Gasteiger partial charge in [-0.15, -0.1) is 6.58 Å². The SMILES string of the molecule is C=C[C@@H]1CCC(C(=O)OCC)C(N)(C=O)C1. The molecule has 1 saturated carbocycles. The summed E-state index contributed by atoms with van der Waals surface area (Å²) in [5, 5.41) is 0. The summed E-state index contributed by atoms with van der Waals surface area (Å²) in [4.78, 5) is 22.8. The summed E-state index contributed by atoms with van der Waals surface area (Å²) >= 11 is 0. The third-order valence-corrected chi connectivity index (χ3v) is 3.21. The maximum Gasteiger partial charge on any atom is 0.311 e. The van der Waals surface area contributed by atoms with Gasteiger partial charge in [0.15, 0.2) is 0 Å². The van der Waals surface area contributed by atoms with Crippen LogP contribution in [0.1, 0.15) is 26.2 Å². The molecule has 0 saturated heterocycles. The lowest BCUT2D eigenvalue weighted by Gasteiger charge is -2.38. The molecule has 4 heteroatoms. The lowest BCUT2D eigenvalue weighted by molar-refractivity contribution is -0.153.